The van der Waals surface area contributed by atoms with E-state index in [0.29, 0.717) is 6.04 Å². The largest absolute Gasteiger partial charge is 0.314 e. The third-order valence-electron chi connectivity index (χ3n) is 2.99. The fourth-order valence-corrected chi connectivity index (χ4v) is 3.20. The van der Waals surface area contributed by atoms with Gasteiger partial charge in [-0.1, -0.05) is 6.92 Å². The molecule has 3 nitrogen and oxygen atoms in total. The molecule has 2 heterocycles. The summed E-state index contributed by atoms with van der Waals surface area (Å²) in [6.07, 6.45) is 1.05. The Hall–Kier alpha value is -0.450. The second kappa shape index (κ2) is 4.60. The van der Waals surface area contributed by atoms with E-state index in [1.807, 2.05) is 11.3 Å². The summed E-state index contributed by atoms with van der Waals surface area (Å²) in [5, 5.41) is 4.72. The molecule has 4 heteroatoms. The molecule has 0 bridgehead atoms. The van der Waals surface area contributed by atoms with E-state index in [0.717, 1.165) is 26.1 Å². The van der Waals surface area contributed by atoms with Gasteiger partial charge in [0, 0.05) is 24.5 Å². The molecule has 0 amide bonds. The average molecular weight is 225 g/mol. The standard InChI is InChI=1S/C11H19N3S/c1-4-10-13-8(2)11(15-10)9-7-12-5-6-14(9)3/h9,12H,4-7H2,1-3H3. The number of likely N-dealkylation sites (N-methyl/N-ethyl adjacent to an activating group) is 1. The van der Waals surface area contributed by atoms with Gasteiger partial charge in [0.25, 0.3) is 0 Å². The van der Waals surface area contributed by atoms with Crippen LogP contribution in [0, 0.1) is 6.92 Å². The van der Waals surface area contributed by atoms with E-state index < -0.39 is 0 Å². The topological polar surface area (TPSA) is 28.2 Å². The highest BCUT2D eigenvalue weighted by Gasteiger charge is 2.24. The van der Waals surface area contributed by atoms with Crippen LogP contribution >= 0.6 is 11.3 Å². The highest BCUT2D eigenvalue weighted by Crippen LogP contribution is 2.29. The highest BCUT2D eigenvalue weighted by atomic mass is 32.1. The number of thiazole rings is 1. The van der Waals surface area contributed by atoms with Gasteiger partial charge in [0.2, 0.25) is 0 Å². The van der Waals surface area contributed by atoms with Gasteiger partial charge in [-0.3, -0.25) is 4.90 Å². The molecule has 1 saturated heterocycles. The zero-order chi connectivity index (χ0) is 10.8. The molecule has 1 aromatic rings. The number of aromatic nitrogens is 1. The van der Waals surface area contributed by atoms with Crippen LogP contribution in [0.25, 0.3) is 0 Å². The smallest absolute Gasteiger partial charge is 0.0928 e. The van der Waals surface area contributed by atoms with Gasteiger partial charge in [-0.05, 0) is 20.4 Å². The Bertz CT molecular complexity index is 335. The molecule has 2 rings (SSSR count). The Kier molecular flexibility index (Phi) is 3.38. The van der Waals surface area contributed by atoms with Crippen molar-refractivity contribution in [3.63, 3.8) is 0 Å². The summed E-state index contributed by atoms with van der Waals surface area (Å²) in [7, 11) is 2.20. The molecule has 0 spiro atoms. The van der Waals surface area contributed by atoms with Gasteiger partial charge < -0.3 is 5.32 Å². The minimum atomic E-state index is 0.525. The number of piperazine rings is 1. The lowest BCUT2D eigenvalue weighted by Gasteiger charge is -2.32. The summed E-state index contributed by atoms with van der Waals surface area (Å²) < 4.78 is 0. The van der Waals surface area contributed by atoms with Crippen LogP contribution in [0.15, 0.2) is 0 Å². The predicted octanol–water partition coefficient (Wildman–Crippen LogP) is 1.59. The Morgan fingerprint density at radius 3 is 3.00 bits per heavy atom. The Labute approximate surface area is 95.5 Å². The third-order valence-corrected chi connectivity index (χ3v) is 4.40. The first-order valence-electron chi connectivity index (χ1n) is 5.59. The second-order valence-electron chi connectivity index (χ2n) is 4.11. The highest BCUT2D eigenvalue weighted by molar-refractivity contribution is 7.11. The lowest BCUT2D eigenvalue weighted by atomic mass is 10.1. The van der Waals surface area contributed by atoms with Crippen molar-refractivity contribution >= 4 is 11.3 Å². The fourth-order valence-electron chi connectivity index (χ4n) is 2.02. The van der Waals surface area contributed by atoms with Crippen molar-refractivity contribution in [2.24, 2.45) is 0 Å². The van der Waals surface area contributed by atoms with Crippen LogP contribution in [0.3, 0.4) is 0 Å². The molecule has 1 aliphatic heterocycles. The number of hydrogen-bond donors (Lipinski definition) is 1. The maximum absolute atomic E-state index is 4.60. The van der Waals surface area contributed by atoms with Gasteiger partial charge in [-0.15, -0.1) is 11.3 Å². The van der Waals surface area contributed by atoms with Crippen molar-refractivity contribution < 1.29 is 0 Å². The summed E-state index contributed by atoms with van der Waals surface area (Å²) >= 11 is 1.88. The summed E-state index contributed by atoms with van der Waals surface area (Å²) in [4.78, 5) is 8.48. The zero-order valence-electron chi connectivity index (χ0n) is 9.71. The monoisotopic (exact) mass is 225 g/mol. The van der Waals surface area contributed by atoms with Gasteiger partial charge in [0.15, 0.2) is 0 Å². The Morgan fingerprint density at radius 2 is 2.40 bits per heavy atom. The number of nitrogens with zero attached hydrogens (tertiary/aromatic N) is 2. The molecule has 1 atom stereocenters. The first-order valence-corrected chi connectivity index (χ1v) is 6.41. The molecule has 84 valence electrons. The van der Waals surface area contributed by atoms with E-state index in [1.54, 1.807) is 0 Å². The summed E-state index contributed by atoms with van der Waals surface area (Å²) in [6.45, 7) is 7.59. The van der Waals surface area contributed by atoms with E-state index in [-0.39, 0.29) is 0 Å². The lowest BCUT2D eigenvalue weighted by Crippen LogP contribution is -2.43. The molecule has 0 saturated carbocycles. The van der Waals surface area contributed by atoms with Crippen LogP contribution in [0.2, 0.25) is 0 Å². The van der Waals surface area contributed by atoms with Gasteiger partial charge in [0.1, 0.15) is 0 Å². The summed E-state index contributed by atoms with van der Waals surface area (Å²) in [6, 6.07) is 0.525. The second-order valence-corrected chi connectivity index (χ2v) is 5.23. The molecule has 1 aromatic heterocycles. The van der Waals surface area contributed by atoms with E-state index in [1.165, 1.54) is 15.6 Å². The van der Waals surface area contributed by atoms with Crippen LogP contribution in [0.5, 0.6) is 0 Å². The van der Waals surface area contributed by atoms with Crippen molar-refractivity contribution in [1.29, 1.82) is 0 Å². The Morgan fingerprint density at radius 1 is 1.60 bits per heavy atom. The van der Waals surface area contributed by atoms with Gasteiger partial charge in [0.05, 0.1) is 16.7 Å². The maximum Gasteiger partial charge on any atom is 0.0928 e. The molecule has 1 unspecified atom stereocenters. The number of hydrogen-bond acceptors (Lipinski definition) is 4. The van der Waals surface area contributed by atoms with Crippen molar-refractivity contribution in [2.75, 3.05) is 26.7 Å². The van der Waals surface area contributed by atoms with Crippen molar-refractivity contribution in [2.45, 2.75) is 26.3 Å². The van der Waals surface area contributed by atoms with Gasteiger partial charge in [-0.2, -0.15) is 0 Å². The minimum absolute atomic E-state index is 0.525. The van der Waals surface area contributed by atoms with Crippen molar-refractivity contribution in [1.82, 2.24) is 15.2 Å². The van der Waals surface area contributed by atoms with E-state index in [2.05, 4.69) is 36.1 Å². The van der Waals surface area contributed by atoms with Gasteiger partial charge >= 0.3 is 0 Å². The van der Waals surface area contributed by atoms with Crippen molar-refractivity contribution in [3.05, 3.63) is 15.6 Å². The van der Waals surface area contributed by atoms with E-state index in [4.69, 9.17) is 0 Å². The Balaban J connectivity index is 2.23. The molecule has 0 aliphatic carbocycles. The predicted molar refractivity (Wildman–Crippen MR) is 64.5 cm³/mol. The lowest BCUT2D eigenvalue weighted by molar-refractivity contribution is 0.204. The van der Waals surface area contributed by atoms with E-state index >= 15 is 0 Å². The van der Waals surface area contributed by atoms with E-state index in [9.17, 15) is 0 Å². The first-order chi connectivity index (χ1) is 7.22. The molecule has 1 aliphatic rings. The SMILES string of the molecule is CCc1nc(C)c(C2CNCCN2C)s1. The molecular formula is C11H19N3S. The molecule has 1 N–H and O–H groups in total. The first kappa shape index (κ1) is 11.0. The average Bonchev–Trinajstić information content (AvgIpc) is 2.60. The minimum Gasteiger partial charge on any atom is -0.314 e. The van der Waals surface area contributed by atoms with Gasteiger partial charge in [-0.25, -0.2) is 4.98 Å². The van der Waals surface area contributed by atoms with Crippen LogP contribution in [-0.2, 0) is 6.42 Å². The van der Waals surface area contributed by atoms with Crippen LogP contribution in [0.1, 0.15) is 28.5 Å². The zero-order valence-corrected chi connectivity index (χ0v) is 10.5. The van der Waals surface area contributed by atoms with Crippen LogP contribution < -0.4 is 5.32 Å². The van der Waals surface area contributed by atoms with Crippen LogP contribution in [0.4, 0.5) is 0 Å². The maximum atomic E-state index is 4.60. The summed E-state index contributed by atoms with van der Waals surface area (Å²) in [5.74, 6) is 0. The van der Waals surface area contributed by atoms with Crippen molar-refractivity contribution in [3.8, 4) is 0 Å². The quantitative estimate of drug-likeness (QED) is 0.828. The molecule has 0 aromatic carbocycles. The number of nitrogens with one attached hydrogen (secondary N) is 1. The molecular weight excluding hydrogens is 206 g/mol. The van der Waals surface area contributed by atoms with Crippen LogP contribution in [-0.4, -0.2) is 36.6 Å². The fraction of sp³-hybridized carbons (Fsp3) is 0.727. The molecule has 0 radical (unpaired) electrons. The normalized spacial score (nSPS) is 23.3. The third kappa shape index (κ3) is 2.22. The summed E-state index contributed by atoms with van der Waals surface area (Å²) in [5.41, 5.74) is 1.22. The molecule has 15 heavy (non-hydrogen) atoms. The number of aryl methyl sites for hydroxylation is 2. The number of rotatable bonds is 2. The molecule has 1 fully saturated rings.